The molecule has 3 aromatic carbocycles. The summed E-state index contributed by atoms with van der Waals surface area (Å²) in [4.78, 5) is 0. The van der Waals surface area contributed by atoms with E-state index in [1.807, 2.05) is 0 Å². The van der Waals surface area contributed by atoms with E-state index >= 15 is 0 Å². The topological polar surface area (TPSA) is 35.5 Å². The van der Waals surface area contributed by atoms with Gasteiger partial charge in [-0.1, -0.05) is 41.0 Å². The van der Waals surface area contributed by atoms with Crippen molar-refractivity contribution < 1.29 is 22.4 Å². The zero-order valence-corrected chi connectivity index (χ0v) is 16.0. The lowest BCUT2D eigenvalue weighted by Crippen LogP contribution is -2.13. The van der Waals surface area contributed by atoms with Crippen LogP contribution < -0.4 is 5.30 Å². The van der Waals surface area contributed by atoms with Gasteiger partial charge in [0.15, 0.2) is 0 Å². The Labute approximate surface area is 157 Å². The van der Waals surface area contributed by atoms with Gasteiger partial charge in [-0.25, -0.2) is 8.78 Å². The highest BCUT2D eigenvalue weighted by molar-refractivity contribution is 7.63. The van der Waals surface area contributed by atoms with Crippen molar-refractivity contribution >= 4 is 12.9 Å². The van der Waals surface area contributed by atoms with Crippen molar-refractivity contribution in [2.75, 3.05) is 13.2 Å². The van der Waals surface area contributed by atoms with E-state index in [2.05, 4.69) is 0 Å². The molecule has 0 aliphatic carbocycles. The Hall–Kier alpha value is -2.20. The average molecular weight is 389 g/mol. The van der Waals surface area contributed by atoms with E-state index in [0.717, 1.165) is 0 Å². The average Bonchev–Trinajstić information content (AvgIpc) is 3.09. The molecule has 27 heavy (non-hydrogen) atoms. The van der Waals surface area contributed by atoms with Crippen molar-refractivity contribution in [1.82, 2.24) is 0 Å². The summed E-state index contributed by atoms with van der Waals surface area (Å²) in [6.45, 7) is 3.88. The van der Waals surface area contributed by atoms with Crippen LogP contribution in [0.25, 0.3) is 22.3 Å². The van der Waals surface area contributed by atoms with Gasteiger partial charge in [-0.05, 0) is 26.0 Å². The second-order valence-corrected chi connectivity index (χ2v) is 7.81. The first-order valence-corrected chi connectivity index (χ1v) is 10.2. The Balaban J connectivity index is 2.24. The third-order valence-corrected chi connectivity index (χ3v) is 6.34. The quantitative estimate of drug-likeness (QED) is 0.372. The number of rotatable bonds is 7. The fraction of sp³-hybridized carbons (Fsp3) is 0.190. The van der Waals surface area contributed by atoms with E-state index in [9.17, 15) is 13.3 Å². The van der Waals surface area contributed by atoms with Gasteiger partial charge < -0.3 is 9.05 Å². The highest BCUT2D eigenvalue weighted by Crippen LogP contribution is 2.52. The molecule has 0 saturated carbocycles. The van der Waals surface area contributed by atoms with Crippen LogP contribution in [0.1, 0.15) is 13.8 Å². The Kier molecular flexibility index (Phi) is 5.95. The Bertz CT molecular complexity index is 874. The minimum Gasteiger partial charge on any atom is -0.306 e. The summed E-state index contributed by atoms with van der Waals surface area (Å²) >= 11 is 0. The monoisotopic (exact) mass is 389 g/mol. The normalized spacial score (nSPS) is 11.7. The maximum atomic E-state index is 13.6. The molecule has 142 valence electrons. The third-order valence-electron chi connectivity index (χ3n) is 4.11. The number of hydrogen-bond acceptors (Lipinski definition) is 3. The molecule has 0 amide bonds. The second kappa shape index (κ2) is 8.22. The maximum absolute atomic E-state index is 13.6. The third kappa shape index (κ3) is 4.06. The first-order valence-electron chi connectivity index (χ1n) is 8.69. The minimum atomic E-state index is -3.64. The van der Waals surface area contributed by atoms with Crippen molar-refractivity contribution in [2.24, 2.45) is 0 Å². The van der Waals surface area contributed by atoms with E-state index in [0.29, 0.717) is 27.6 Å². The molecule has 3 rings (SSSR count). The number of halogens is 2. The molecule has 0 saturated heterocycles. The van der Waals surface area contributed by atoms with Gasteiger partial charge in [0.05, 0.1) is 13.2 Å². The van der Waals surface area contributed by atoms with E-state index in [1.165, 1.54) is 24.3 Å². The van der Waals surface area contributed by atoms with Crippen LogP contribution in [-0.4, -0.2) is 13.2 Å². The molecule has 0 aromatic heterocycles. The first kappa shape index (κ1) is 19.6. The lowest BCUT2D eigenvalue weighted by Gasteiger charge is -2.24. The first-order chi connectivity index (χ1) is 13.0. The zero-order valence-electron chi connectivity index (χ0n) is 15.1. The molecule has 0 bridgehead atoms. The van der Waals surface area contributed by atoms with Crippen LogP contribution in [0.4, 0.5) is 8.78 Å². The Morgan fingerprint density at radius 1 is 0.852 bits per heavy atom. The van der Waals surface area contributed by atoms with Crippen molar-refractivity contribution in [3.8, 4) is 22.3 Å². The summed E-state index contributed by atoms with van der Waals surface area (Å²) in [6, 6.07) is 15.4. The highest BCUT2D eigenvalue weighted by atomic mass is 31.2. The van der Waals surface area contributed by atoms with Crippen molar-refractivity contribution in [1.29, 1.82) is 0 Å². The van der Waals surface area contributed by atoms with Gasteiger partial charge >= 0.3 is 7.60 Å². The lowest BCUT2D eigenvalue weighted by molar-refractivity contribution is 0.230. The molecular weight excluding hydrogens is 369 g/mol. The van der Waals surface area contributed by atoms with Gasteiger partial charge in [0.25, 0.3) is 0 Å². The molecule has 0 spiro atoms. The van der Waals surface area contributed by atoms with Gasteiger partial charge in [-0.3, -0.25) is 4.57 Å². The lowest BCUT2D eigenvalue weighted by atomic mass is 10.1. The van der Waals surface area contributed by atoms with Crippen LogP contribution in [0.3, 0.4) is 0 Å². The Morgan fingerprint density at radius 2 is 1.37 bits per heavy atom. The van der Waals surface area contributed by atoms with E-state index in [4.69, 9.17) is 9.05 Å². The van der Waals surface area contributed by atoms with Crippen molar-refractivity contribution in [3.05, 3.63) is 72.3 Å². The SMILES string of the molecule is CCOP(=O)(OCC)c1c(-c2ccc(F)cc2)cc[c-]1-c1ccc(F)cc1. The molecule has 6 heteroatoms. The summed E-state index contributed by atoms with van der Waals surface area (Å²) in [6.07, 6.45) is 0. The van der Waals surface area contributed by atoms with Gasteiger partial charge in [-0.15, -0.1) is 29.8 Å². The summed E-state index contributed by atoms with van der Waals surface area (Å²) in [5.74, 6) is -0.716. The smallest absolute Gasteiger partial charge is 0.306 e. The summed E-state index contributed by atoms with van der Waals surface area (Å²) in [5, 5.41) is 0.407. The van der Waals surface area contributed by atoms with Crippen LogP contribution in [0.5, 0.6) is 0 Å². The minimum absolute atomic E-state index is 0.203. The molecule has 0 N–H and O–H groups in total. The predicted molar refractivity (Wildman–Crippen MR) is 103 cm³/mol. The van der Waals surface area contributed by atoms with Gasteiger partial charge in [0, 0.05) is 5.30 Å². The molecule has 0 radical (unpaired) electrons. The second-order valence-electron chi connectivity index (χ2n) is 5.86. The molecule has 0 fully saturated rings. The van der Waals surface area contributed by atoms with E-state index in [1.54, 1.807) is 50.2 Å². The molecule has 0 aliphatic rings. The standard InChI is InChI=1S/C21H20F2O3P/c1-3-25-27(24,26-4-2)21-19(15-5-9-17(22)10-6-15)13-14-20(21)16-7-11-18(23)12-8-16/h5-14H,3-4H2,1-2H3/q-1. The van der Waals surface area contributed by atoms with Crippen LogP contribution >= 0.6 is 7.60 Å². The van der Waals surface area contributed by atoms with Crippen LogP contribution in [0, 0.1) is 11.6 Å². The summed E-state index contributed by atoms with van der Waals surface area (Å²) in [5.41, 5.74) is 2.66. The van der Waals surface area contributed by atoms with Crippen LogP contribution in [-0.2, 0) is 13.6 Å². The summed E-state index contributed by atoms with van der Waals surface area (Å²) in [7, 11) is -3.64. The van der Waals surface area contributed by atoms with E-state index < -0.39 is 7.60 Å². The van der Waals surface area contributed by atoms with Crippen LogP contribution in [0.2, 0.25) is 0 Å². The largest absolute Gasteiger partial charge is 0.347 e. The molecular formula is C21H20F2O3P-. The van der Waals surface area contributed by atoms with Gasteiger partial charge in [0.2, 0.25) is 0 Å². The van der Waals surface area contributed by atoms with E-state index in [-0.39, 0.29) is 24.8 Å². The fourth-order valence-electron chi connectivity index (χ4n) is 3.00. The van der Waals surface area contributed by atoms with Crippen molar-refractivity contribution in [3.63, 3.8) is 0 Å². The number of hydrogen-bond donors (Lipinski definition) is 0. The molecule has 3 nitrogen and oxygen atoms in total. The van der Waals surface area contributed by atoms with Gasteiger partial charge in [-0.2, -0.15) is 0 Å². The fourth-order valence-corrected chi connectivity index (χ4v) is 5.01. The van der Waals surface area contributed by atoms with Crippen molar-refractivity contribution in [2.45, 2.75) is 13.8 Å². The number of benzene rings is 2. The Morgan fingerprint density at radius 3 is 1.89 bits per heavy atom. The molecule has 3 aromatic rings. The van der Waals surface area contributed by atoms with Gasteiger partial charge in [0.1, 0.15) is 11.6 Å². The predicted octanol–water partition coefficient (Wildman–Crippen LogP) is 5.91. The molecule has 0 heterocycles. The summed E-state index contributed by atoms with van der Waals surface area (Å²) < 4.78 is 51.4. The zero-order chi connectivity index (χ0) is 19.4. The van der Waals surface area contributed by atoms with Crippen LogP contribution in [0.15, 0.2) is 60.7 Å². The molecule has 0 aliphatic heterocycles. The molecule has 0 atom stereocenters. The molecule has 0 unspecified atom stereocenters. The maximum Gasteiger partial charge on any atom is 0.347 e. The highest BCUT2D eigenvalue weighted by Gasteiger charge is 2.30.